The summed E-state index contributed by atoms with van der Waals surface area (Å²) in [6.07, 6.45) is 1.42. The molecule has 1 amide bonds. The molecule has 2 aromatic carbocycles. The Morgan fingerprint density at radius 2 is 2.04 bits per heavy atom. The quantitative estimate of drug-likeness (QED) is 0.770. The van der Waals surface area contributed by atoms with Gasteiger partial charge in [0.15, 0.2) is 0 Å². The number of fused-ring (bicyclic) bond motifs is 1. The fourth-order valence-electron chi connectivity index (χ4n) is 3.25. The zero-order valence-electron chi connectivity index (χ0n) is 13.9. The van der Waals surface area contributed by atoms with Crippen molar-refractivity contribution < 1.29 is 9.53 Å². The molecule has 1 fully saturated rings. The molecule has 3 aromatic rings. The lowest BCUT2D eigenvalue weighted by Crippen LogP contribution is -2.47. The molecule has 1 aromatic heterocycles. The van der Waals surface area contributed by atoms with Crippen molar-refractivity contribution in [2.24, 2.45) is 0 Å². The van der Waals surface area contributed by atoms with E-state index in [0.29, 0.717) is 13.2 Å². The number of aromatic amines is 1. The highest BCUT2D eigenvalue weighted by Gasteiger charge is 2.27. The Balaban J connectivity index is 1.42. The van der Waals surface area contributed by atoms with Gasteiger partial charge in [-0.05, 0) is 23.8 Å². The van der Waals surface area contributed by atoms with Crippen molar-refractivity contribution in [2.75, 3.05) is 25.0 Å². The van der Waals surface area contributed by atoms with Crippen LogP contribution in [0.15, 0.2) is 60.8 Å². The Bertz CT molecular complexity index is 860. The van der Waals surface area contributed by atoms with Crippen LogP contribution in [-0.4, -0.2) is 41.6 Å². The molecule has 25 heavy (non-hydrogen) atoms. The fraction of sp³-hybridized carbons (Fsp3) is 0.250. The van der Waals surface area contributed by atoms with Crippen LogP contribution in [0.25, 0.3) is 10.9 Å². The topological polar surface area (TPSA) is 57.4 Å². The summed E-state index contributed by atoms with van der Waals surface area (Å²) in [6, 6.07) is 18.1. The SMILES string of the molecule is O=C(Nc1cccc2[nH]ccc12)C1CN(Cc2ccccc2)CCO1. The second-order valence-electron chi connectivity index (χ2n) is 6.31. The molecule has 0 radical (unpaired) electrons. The second kappa shape index (κ2) is 7.09. The molecular formula is C20H21N3O2. The van der Waals surface area contributed by atoms with E-state index in [-0.39, 0.29) is 5.91 Å². The van der Waals surface area contributed by atoms with Crippen molar-refractivity contribution in [2.45, 2.75) is 12.6 Å². The van der Waals surface area contributed by atoms with Crippen LogP contribution in [0.1, 0.15) is 5.56 Å². The molecule has 1 aliphatic rings. The zero-order chi connectivity index (χ0) is 17.1. The predicted octanol–water partition coefficient (Wildman–Crippen LogP) is 3.01. The Kier molecular flexibility index (Phi) is 4.50. The number of benzene rings is 2. The molecule has 1 atom stereocenters. The van der Waals surface area contributed by atoms with Crippen molar-refractivity contribution >= 4 is 22.5 Å². The Labute approximate surface area is 146 Å². The molecular weight excluding hydrogens is 314 g/mol. The van der Waals surface area contributed by atoms with E-state index in [1.807, 2.05) is 48.7 Å². The molecule has 0 saturated carbocycles. The first-order valence-electron chi connectivity index (χ1n) is 8.54. The third-order valence-corrected chi connectivity index (χ3v) is 4.54. The van der Waals surface area contributed by atoms with Crippen molar-refractivity contribution in [3.05, 3.63) is 66.4 Å². The van der Waals surface area contributed by atoms with Gasteiger partial charge in [0.1, 0.15) is 6.10 Å². The van der Waals surface area contributed by atoms with Crippen LogP contribution >= 0.6 is 0 Å². The van der Waals surface area contributed by atoms with Gasteiger partial charge >= 0.3 is 0 Å². The lowest BCUT2D eigenvalue weighted by Gasteiger charge is -2.32. The number of carbonyl (C=O) groups excluding carboxylic acids is 1. The van der Waals surface area contributed by atoms with Crippen LogP contribution in [0, 0.1) is 0 Å². The van der Waals surface area contributed by atoms with Gasteiger partial charge in [-0.3, -0.25) is 9.69 Å². The highest BCUT2D eigenvalue weighted by molar-refractivity contribution is 6.02. The van der Waals surface area contributed by atoms with Gasteiger partial charge in [-0.2, -0.15) is 0 Å². The van der Waals surface area contributed by atoms with Crippen LogP contribution in [0.5, 0.6) is 0 Å². The Morgan fingerprint density at radius 1 is 1.16 bits per heavy atom. The van der Waals surface area contributed by atoms with Crippen molar-refractivity contribution in [1.82, 2.24) is 9.88 Å². The van der Waals surface area contributed by atoms with Gasteiger partial charge in [0, 0.05) is 36.7 Å². The smallest absolute Gasteiger partial charge is 0.254 e. The minimum atomic E-state index is -0.452. The number of hydrogen-bond acceptors (Lipinski definition) is 3. The molecule has 1 unspecified atom stereocenters. The van der Waals surface area contributed by atoms with Crippen LogP contribution in [0.3, 0.4) is 0 Å². The Morgan fingerprint density at radius 3 is 2.92 bits per heavy atom. The van der Waals surface area contributed by atoms with Gasteiger partial charge in [0.2, 0.25) is 0 Å². The number of H-pyrrole nitrogens is 1. The summed E-state index contributed by atoms with van der Waals surface area (Å²) in [5.41, 5.74) is 3.07. The largest absolute Gasteiger partial charge is 0.366 e. The van der Waals surface area contributed by atoms with Gasteiger partial charge in [-0.1, -0.05) is 36.4 Å². The number of ether oxygens (including phenoxy) is 1. The first-order valence-corrected chi connectivity index (χ1v) is 8.54. The molecule has 0 bridgehead atoms. The Hall–Kier alpha value is -2.63. The number of amides is 1. The minimum Gasteiger partial charge on any atom is -0.366 e. The average molecular weight is 335 g/mol. The standard InChI is InChI=1S/C20H21N3O2/c24-20(22-18-8-4-7-17-16(18)9-10-21-17)19-14-23(11-12-25-19)13-15-5-2-1-3-6-15/h1-10,19,21H,11-14H2,(H,22,24). The van der Waals surface area contributed by atoms with Gasteiger partial charge in [-0.15, -0.1) is 0 Å². The lowest BCUT2D eigenvalue weighted by atomic mass is 10.1. The number of morpholine rings is 1. The van der Waals surface area contributed by atoms with Gasteiger partial charge in [0.25, 0.3) is 5.91 Å². The van der Waals surface area contributed by atoms with E-state index < -0.39 is 6.10 Å². The molecule has 5 heteroatoms. The van der Waals surface area contributed by atoms with E-state index >= 15 is 0 Å². The summed E-state index contributed by atoms with van der Waals surface area (Å²) in [6.45, 7) is 2.84. The van der Waals surface area contributed by atoms with Crippen LogP contribution < -0.4 is 5.32 Å². The highest BCUT2D eigenvalue weighted by Crippen LogP contribution is 2.23. The van der Waals surface area contributed by atoms with E-state index in [9.17, 15) is 4.79 Å². The van der Waals surface area contributed by atoms with Crippen molar-refractivity contribution in [3.63, 3.8) is 0 Å². The first-order chi connectivity index (χ1) is 12.3. The van der Waals surface area contributed by atoms with E-state index in [0.717, 1.165) is 29.7 Å². The van der Waals surface area contributed by atoms with E-state index in [2.05, 4.69) is 27.3 Å². The van der Waals surface area contributed by atoms with Crippen LogP contribution in [-0.2, 0) is 16.1 Å². The van der Waals surface area contributed by atoms with Crippen molar-refractivity contribution in [3.8, 4) is 0 Å². The lowest BCUT2D eigenvalue weighted by molar-refractivity contribution is -0.133. The summed E-state index contributed by atoms with van der Waals surface area (Å²) < 4.78 is 5.71. The van der Waals surface area contributed by atoms with Gasteiger partial charge < -0.3 is 15.0 Å². The minimum absolute atomic E-state index is 0.0912. The molecule has 1 saturated heterocycles. The molecule has 5 nitrogen and oxygen atoms in total. The second-order valence-corrected chi connectivity index (χ2v) is 6.31. The predicted molar refractivity (Wildman–Crippen MR) is 98.4 cm³/mol. The molecule has 0 spiro atoms. The maximum Gasteiger partial charge on any atom is 0.254 e. The molecule has 1 aliphatic heterocycles. The highest BCUT2D eigenvalue weighted by atomic mass is 16.5. The summed E-state index contributed by atoms with van der Waals surface area (Å²) >= 11 is 0. The third-order valence-electron chi connectivity index (χ3n) is 4.54. The van der Waals surface area contributed by atoms with E-state index in [1.54, 1.807) is 0 Å². The van der Waals surface area contributed by atoms with E-state index in [1.165, 1.54) is 5.56 Å². The molecule has 4 rings (SSSR count). The summed E-state index contributed by atoms with van der Waals surface area (Å²) in [5, 5.41) is 4.02. The first kappa shape index (κ1) is 15.9. The number of aromatic nitrogens is 1. The van der Waals surface area contributed by atoms with Gasteiger partial charge in [-0.25, -0.2) is 0 Å². The number of nitrogens with zero attached hydrogens (tertiary/aromatic N) is 1. The maximum atomic E-state index is 12.7. The van der Waals surface area contributed by atoms with Crippen LogP contribution in [0.4, 0.5) is 5.69 Å². The van der Waals surface area contributed by atoms with Gasteiger partial charge in [0.05, 0.1) is 12.3 Å². The number of anilines is 1. The number of rotatable bonds is 4. The van der Waals surface area contributed by atoms with Crippen molar-refractivity contribution in [1.29, 1.82) is 0 Å². The molecule has 2 heterocycles. The normalized spacial score (nSPS) is 18.3. The summed E-state index contributed by atoms with van der Waals surface area (Å²) in [7, 11) is 0. The average Bonchev–Trinajstić information content (AvgIpc) is 3.13. The third kappa shape index (κ3) is 3.57. The molecule has 128 valence electrons. The number of carbonyl (C=O) groups is 1. The maximum absolute atomic E-state index is 12.7. The monoisotopic (exact) mass is 335 g/mol. The van der Waals surface area contributed by atoms with E-state index in [4.69, 9.17) is 4.74 Å². The fourth-order valence-corrected chi connectivity index (χ4v) is 3.25. The van der Waals surface area contributed by atoms with Crippen LogP contribution in [0.2, 0.25) is 0 Å². The summed E-state index contributed by atoms with van der Waals surface area (Å²) in [4.78, 5) is 18.1. The zero-order valence-corrected chi connectivity index (χ0v) is 13.9. The molecule has 2 N–H and O–H groups in total. The number of hydrogen-bond donors (Lipinski definition) is 2. The number of nitrogens with one attached hydrogen (secondary N) is 2. The molecule has 0 aliphatic carbocycles. The summed E-state index contributed by atoms with van der Waals surface area (Å²) in [5.74, 6) is -0.0912.